The average Bonchev–Trinajstić information content (AvgIpc) is 2.43. The third-order valence-electron chi connectivity index (χ3n) is 4.32. The van der Waals surface area contributed by atoms with E-state index < -0.39 is 0 Å². The van der Waals surface area contributed by atoms with Crippen molar-refractivity contribution in [3.05, 3.63) is 22.8 Å². The zero-order valence-electron chi connectivity index (χ0n) is 10.6. The van der Waals surface area contributed by atoms with Crippen LogP contribution in [0.5, 0.6) is 0 Å². The van der Waals surface area contributed by atoms with Crippen molar-refractivity contribution in [3.8, 4) is 0 Å². The molecule has 0 aliphatic heterocycles. The summed E-state index contributed by atoms with van der Waals surface area (Å²) in [5.41, 5.74) is 5.27. The molecule has 84 valence electrons. The fourth-order valence-electron chi connectivity index (χ4n) is 3.08. The lowest BCUT2D eigenvalue weighted by molar-refractivity contribution is 0.620. The topological polar surface area (TPSA) is 0 Å². The first-order valence-corrected chi connectivity index (χ1v) is 6.50. The molecule has 0 amide bonds. The SMILES string of the molecule is CC(C)C1=CC[C@H](C)C2=C(C1)[C@@H](C)CC2. The highest BCUT2D eigenvalue weighted by Gasteiger charge is 2.27. The van der Waals surface area contributed by atoms with E-state index in [9.17, 15) is 0 Å². The van der Waals surface area contributed by atoms with Gasteiger partial charge in [-0.3, -0.25) is 0 Å². The van der Waals surface area contributed by atoms with Crippen molar-refractivity contribution < 1.29 is 0 Å². The van der Waals surface area contributed by atoms with E-state index in [1.54, 1.807) is 16.7 Å². The van der Waals surface area contributed by atoms with Crippen LogP contribution in [0.25, 0.3) is 0 Å². The Morgan fingerprint density at radius 3 is 2.53 bits per heavy atom. The minimum absolute atomic E-state index is 0.733. The average molecular weight is 204 g/mol. The van der Waals surface area contributed by atoms with Crippen LogP contribution >= 0.6 is 0 Å². The Kier molecular flexibility index (Phi) is 3.04. The van der Waals surface area contributed by atoms with Gasteiger partial charge in [0.1, 0.15) is 0 Å². The van der Waals surface area contributed by atoms with Gasteiger partial charge in [0.15, 0.2) is 0 Å². The van der Waals surface area contributed by atoms with Crippen LogP contribution in [0.2, 0.25) is 0 Å². The molecule has 0 saturated heterocycles. The van der Waals surface area contributed by atoms with E-state index in [2.05, 4.69) is 33.8 Å². The lowest BCUT2D eigenvalue weighted by atomic mass is 9.91. The third kappa shape index (κ3) is 2.04. The summed E-state index contributed by atoms with van der Waals surface area (Å²) in [6.07, 6.45) is 7.84. The first-order valence-electron chi connectivity index (χ1n) is 6.50. The van der Waals surface area contributed by atoms with E-state index >= 15 is 0 Å². The van der Waals surface area contributed by atoms with Crippen molar-refractivity contribution in [3.63, 3.8) is 0 Å². The van der Waals surface area contributed by atoms with E-state index in [1.165, 1.54) is 25.7 Å². The van der Waals surface area contributed by atoms with E-state index in [0.29, 0.717) is 0 Å². The molecule has 0 nitrogen and oxygen atoms in total. The Bertz CT molecular complexity index is 304. The zero-order chi connectivity index (χ0) is 11.0. The van der Waals surface area contributed by atoms with Gasteiger partial charge in [-0.1, -0.05) is 50.5 Å². The summed E-state index contributed by atoms with van der Waals surface area (Å²) in [6.45, 7) is 9.49. The van der Waals surface area contributed by atoms with Crippen molar-refractivity contribution >= 4 is 0 Å². The summed E-state index contributed by atoms with van der Waals surface area (Å²) in [5.74, 6) is 2.39. The summed E-state index contributed by atoms with van der Waals surface area (Å²) in [7, 11) is 0. The Hall–Kier alpha value is -0.520. The van der Waals surface area contributed by atoms with Gasteiger partial charge in [-0.05, 0) is 43.4 Å². The molecule has 0 bridgehead atoms. The van der Waals surface area contributed by atoms with Gasteiger partial charge >= 0.3 is 0 Å². The first-order chi connectivity index (χ1) is 7.09. The quantitative estimate of drug-likeness (QED) is 0.542. The fourth-order valence-corrected chi connectivity index (χ4v) is 3.08. The molecule has 0 heteroatoms. The van der Waals surface area contributed by atoms with Gasteiger partial charge in [-0.25, -0.2) is 0 Å². The van der Waals surface area contributed by atoms with Crippen molar-refractivity contribution in [2.45, 2.75) is 53.4 Å². The van der Waals surface area contributed by atoms with Gasteiger partial charge in [-0.15, -0.1) is 0 Å². The number of allylic oxidation sites excluding steroid dienone is 4. The molecule has 2 aliphatic carbocycles. The molecule has 15 heavy (non-hydrogen) atoms. The van der Waals surface area contributed by atoms with Crippen LogP contribution in [0, 0.1) is 17.8 Å². The number of hydrogen-bond donors (Lipinski definition) is 0. The molecule has 0 aromatic rings. The van der Waals surface area contributed by atoms with Crippen LogP contribution in [-0.4, -0.2) is 0 Å². The molecule has 0 aromatic carbocycles. The van der Waals surface area contributed by atoms with Gasteiger partial charge in [0.2, 0.25) is 0 Å². The fraction of sp³-hybridized carbons (Fsp3) is 0.733. The maximum absolute atomic E-state index is 2.51. The van der Waals surface area contributed by atoms with Crippen LogP contribution in [0.3, 0.4) is 0 Å². The molecule has 0 radical (unpaired) electrons. The lowest BCUT2D eigenvalue weighted by Crippen LogP contribution is -2.00. The first kappa shape index (κ1) is 11.0. The van der Waals surface area contributed by atoms with Gasteiger partial charge in [-0.2, -0.15) is 0 Å². The lowest BCUT2D eigenvalue weighted by Gasteiger charge is -2.15. The monoisotopic (exact) mass is 204 g/mol. The summed E-state index contributed by atoms with van der Waals surface area (Å²) >= 11 is 0. The zero-order valence-corrected chi connectivity index (χ0v) is 10.6. The van der Waals surface area contributed by atoms with Crippen LogP contribution in [0.15, 0.2) is 22.8 Å². The molecular weight excluding hydrogens is 180 g/mol. The smallest absolute Gasteiger partial charge is 0.0100 e. The Morgan fingerprint density at radius 2 is 1.87 bits per heavy atom. The summed E-state index contributed by atoms with van der Waals surface area (Å²) in [4.78, 5) is 0. The van der Waals surface area contributed by atoms with E-state index in [4.69, 9.17) is 0 Å². The van der Waals surface area contributed by atoms with Gasteiger partial charge in [0.05, 0.1) is 0 Å². The van der Waals surface area contributed by atoms with Crippen LogP contribution < -0.4 is 0 Å². The van der Waals surface area contributed by atoms with Gasteiger partial charge < -0.3 is 0 Å². The molecule has 2 aliphatic rings. The molecule has 2 rings (SSSR count). The minimum Gasteiger partial charge on any atom is -0.0842 e. The molecule has 0 saturated carbocycles. The van der Waals surface area contributed by atoms with Crippen molar-refractivity contribution in [2.75, 3.05) is 0 Å². The van der Waals surface area contributed by atoms with Crippen molar-refractivity contribution in [1.82, 2.24) is 0 Å². The maximum Gasteiger partial charge on any atom is -0.0100 e. The highest BCUT2D eigenvalue weighted by molar-refractivity contribution is 5.32. The van der Waals surface area contributed by atoms with Crippen molar-refractivity contribution in [2.24, 2.45) is 17.8 Å². The molecule has 0 heterocycles. The Balaban J connectivity index is 2.28. The maximum atomic E-state index is 2.51. The molecule has 0 aromatic heterocycles. The Labute approximate surface area is 94.5 Å². The predicted octanol–water partition coefficient (Wildman–Crippen LogP) is 4.73. The minimum atomic E-state index is 0.733. The van der Waals surface area contributed by atoms with E-state index in [0.717, 1.165) is 17.8 Å². The number of hydrogen-bond acceptors (Lipinski definition) is 0. The number of rotatable bonds is 1. The predicted molar refractivity (Wildman–Crippen MR) is 66.7 cm³/mol. The highest BCUT2D eigenvalue weighted by atomic mass is 14.3. The van der Waals surface area contributed by atoms with Gasteiger partial charge in [0, 0.05) is 0 Å². The molecule has 2 atom stereocenters. The van der Waals surface area contributed by atoms with Crippen LogP contribution in [0.4, 0.5) is 0 Å². The summed E-state index contributed by atoms with van der Waals surface area (Å²) in [5, 5.41) is 0. The highest BCUT2D eigenvalue weighted by Crippen LogP contribution is 2.43. The standard InChI is InChI=1S/C15H24/c1-10(2)13-7-5-11(3)14-8-6-12(4)15(14)9-13/h7,10-12H,5-6,8-9H2,1-4H3/t11-,12-/m0/s1. The van der Waals surface area contributed by atoms with Crippen LogP contribution in [-0.2, 0) is 0 Å². The molecular formula is C15H24. The molecule has 0 N–H and O–H groups in total. The molecule has 0 fully saturated rings. The van der Waals surface area contributed by atoms with E-state index in [-0.39, 0.29) is 0 Å². The third-order valence-corrected chi connectivity index (χ3v) is 4.32. The summed E-state index contributed by atoms with van der Waals surface area (Å²) in [6, 6.07) is 0. The van der Waals surface area contributed by atoms with Gasteiger partial charge in [0.25, 0.3) is 0 Å². The second kappa shape index (κ2) is 4.15. The largest absolute Gasteiger partial charge is 0.0842 e. The Morgan fingerprint density at radius 1 is 1.13 bits per heavy atom. The molecule has 0 unspecified atom stereocenters. The second-order valence-corrected chi connectivity index (χ2v) is 5.74. The normalized spacial score (nSPS) is 31.7. The van der Waals surface area contributed by atoms with Crippen LogP contribution in [0.1, 0.15) is 53.4 Å². The molecule has 0 spiro atoms. The van der Waals surface area contributed by atoms with E-state index in [1.807, 2.05) is 0 Å². The summed E-state index contributed by atoms with van der Waals surface area (Å²) < 4.78 is 0. The van der Waals surface area contributed by atoms with Crippen molar-refractivity contribution in [1.29, 1.82) is 0 Å². The second-order valence-electron chi connectivity index (χ2n) is 5.74.